The predicted molar refractivity (Wildman–Crippen MR) is 124 cm³/mol. The van der Waals surface area contributed by atoms with Crippen LogP contribution in [0.2, 0.25) is 0 Å². The minimum Gasteiger partial charge on any atom is -0.496 e. The quantitative estimate of drug-likeness (QED) is 0.629. The van der Waals surface area contributed by atoms with E-state index in [1.54, 1.807) is 7.11 Å². The Kier molecular flexibility index (Phi) is 7.79. The normalized spacial score (nSPS) is 19.3. The molecule has 4 heteroatoms. The zero-order valence-electron chi connectivity index (χ0n) is 19.4. The highest BCUT2D eigenvalue weighted by molar-refractivity contribution is 5.45. The molecule has 4 nitrogen and oxygen atoms in total. The van der Waals surface area contributed by atoms with Gasteiger partial charge in [-0.15, -0.1) is 0 Å². The van der Waals surface area contributed by atoms with E-state index in [0.717, 1.165) is 44.7 Å². The Bertz CT molecular complexity index is 786. The molecule has 0 amide bonds. The number of quaternary nitrogens is 1. The lowest BCUT2D eigenvalue weighted by molar-refractivity contribution is -0.671. The van der Waals surface area contributed by atoms with Crippen LogP contribution in [-0.4, -0.2) is 40.0 Å². The first kappa shape index (κ1) is 22.6. The fraction of sp³-hybridized carbons (Fsp3) is 0.538. The Hall–Kier alpha value is -2.04. The van der Waals surface area contributed by atoms with Gasteiger partial charge in [0, 0.05) is 38.4 Å². The van der Waals surface area contributed by atoms with Crippen LogP contribution in [0.25, 0.3) is 0 Å². The summed E-state index contributed by atoms with van der Waals surface area (Å²) in [6, 6.07) is 17.4. The lowest BCUT2D eigenvalue weighted by atomic mass is 9.75. The highest BCUT2D eigenvalue weighted by Crippen LogP contribution is 2.42. The van der Waals surface area contributed by atoms with E-state index in [0.29, 0.717) is 11.8 Å². The van der Waals surface area contributed by atoms with Crippen LogP contribution in [0.4, 0.5) is 5.69 Å². The number of hydrogen-bond acceptors (Lipinski definition) is 3. The average Bonchev–Trinajstić information content (AvgIpc) is 2.73. The van der Waals surface area contributed by atoms with Gasteiger partial charge in [-0.3, -0.25) is 0 Å². The topological polar surface area (TPSA) is 38.3 Å². The van der Waals surface area contributed by atoms with Crippen molar-refractivity contribution in [1.29, 1.82) is 0 Å². The second-order valence-electron chi connectivity index (χ2n) is 9.34. The van der Waals surface area contributed by atoms with E-state index >= 15 is 0 Å². The summed E-state index contributed by atoms with van der Waals surface area (Å²) in [5.41, 5.74) is 3.94. The first-order valence-electron chi connectivity index (χ1n) is 11.2. The molecular weight excluding hydrogens is 372 g/mol. The molecule has 0 spiro atoms. The molecule has 1 aliphatic rings. The minimum absolute atomic E-state index is 0.0406. The summed E-state index contributed by atoms with van der Waals surface area (Å²) in [7, 11) is 5.95. The number of hydrogen-bond donors (Lipinski definition) is 1. The SMILES string of the molecule is COc1ccccc1[C@@H](CC[NH2+]Cc1ccc(N(C)C)cc1)[C@@H]1CCOC(C)(C)C1. The zero-order chi connectivity index (χ0) is 21.6. The van der Waals surface area contributed by atoms with E-state index in [4.69, 9.17) is 9.47 Å². The maximum atomic E-state index is 6.01. The molecule has 2 atom stereocenters. The Morgan fingerprint density at radius 1 is 1.13 bits per heavy atom. The predicted octanol–water partition coefficient (Wildman–Crippen LogP) is 4.20. The Morgan fingerprint density at radius 2 is 1.87 bits per heavy atom. The van der Waals surface area contributed by atoms with Crippen LogP contribution in [0, 0.1) is 5.92 Å². The molecule has 1 saturated heterocycles. The van der Waals surface area contributed by atoms with E-state index in [1.165, 1.54) is 16.8 Å². The van der Waals surface area contributed by atoms with Crippen molar-refractivity contribution in [1.82, 2.24) is 0 Å². The Morgan fingerprint density at radius 3 is 2.53 bits per heavy atom. The molecule has 2 aromatic rings. The molecule has 0 saturated carbocycles. The number of methoxy groups -OCH3 is 1. The monoisotopic (exact) mass is 411 g/mol. The van der Waals surface area contributed by atoms with Crippen molar-refractivity contribution in [2.75, 3.05) is 39.3 Å². The Labute approximate surface area is 182 Å². The van der Waals surface area contributed by atoms with E-state index in [-0.39, 0.29) is 5.60 Å². The molecule has 164 valence electrons. The summed E-state index contributed by atoms with van der Waals surface area (Å²) in [5, 5.41) is 2.44. The van der Waals surface area contributed by atoms with Crippen molar-refractivity contribution in [3.8, 4) is 5.75 Å². The molecule has 0 unspecified atom stereocenters. The van der Waals surface area contributed by atoms with Gasteiger partial charge in [-0.05, 0) is 62.3 Å². The third-order valence-corrected chi connectivity index (χ3v) is 6.36. The van der Waals surface area contributed by atoms with E-state index in [1.807, 2.05) is 0 Å². The maximum absolute atomic E-state index is 6.01. The molecule has 2 N–H and O–H groups in total. The standard InChI is InChI=1S/C26H38N2O2/c1-26(2)18-21(15-17-30-26)23(24-8-6-7-9-25(24)29-5)14-16-27-19-20-10-12-22(13-11-20)28(3)4/h6-13,21,23,27H,14-19H2,1-5H3/p+1/t21-,23+/m1/s1. The molecule has 0 bridgehead atoms. The molecule has 3 rings (SSSR count). The van der Waals surface area contributed by atoms with Crippen molar-refractivity contribution >= 4 is 5.69 Å². The van der Waals surface area contributed by atoms with Crippen LogP contribution in [-0.2, 0) is 11.3 Å². The minimum atomic E-state index is -0.0406. The van der Waals surface area contributed by atoms with E-state index in [2.05, 4.69) is 86.7 Å². The first-order chi connectivity index (χ1) is 14.4. The van der Waals surface area contributed by atoms with Gasteiger partial charge in [0.15, 0.2) is 0 Å². The van der Waals surface area contributed by atoms with Crippen LogP contribution >= 0.6 is 0 Å². The average molecular weight is 412 g/mol. The van der Waals surface area contributed by atoms with Crippen LogP contribution in [0.15, 0.2) is 48.5 Å². The molecule has 0 radical (unpaired) electrons. The van der Waals surface area contributed by atoms with Gasteiger partial charge >= 0.3 is 0 Å². The number of ether oxygens (including phenoxy) is 2. The van der Waals surface area contributed by atoms with Gasteiger partial charge < -0.3 is 19.7 Å². The molecule has 1 fully saturated rings. The van der Waals surface area contributed by atoms with Crippen molar-refractivity contribution in [3.63, 3.8) is 0 Å². The zero-order valence-corrected chi connectivity index (χ0v) is 19.4. The molecule has 1 aliphatic heterocycles. The lowest BCUT2D eigenvalue weighted by Crippen LogP contribution is -2.82. The fourth-order valence-electron chi connectivity index (χ4n) is 4.74. The van der Waals surface area contributed by atoms with Crippen molar-refractivity contribution in [2.45, 2.75) is 51.2 Å². The molecule has 0 aliphatic carbocycles. The molecule has 2 aromatic carbocycles. The van der Waals surface area contributed by atoms with Crippen LogP contribution < -0.4 is 15.0 Å². The van der Waals surface area contributed by atoms with Gasteiger partial charge in [0.05, 0.1) is 19.3 Å². The van der Waals surface area contributed by atoms with Gasteiger partial charge in [-0.2, -0.15) is 0 Å². The van der Waals surface area contributed by atoms with Crippen molar-refractivity contribution < 1.29 is 14.8 Å². The van der Waals surface area contributed by atoms with Gasteiger partial charge in [-0.25, -0.2) is 0 Å². The highest BCUT2D eigenvalue weighted by atomic mass is 16.5. The van der Waals surface area contributed by atoms with Crippen molar-refractivity contribution in [3.05, 3.63) is 59.7 Å². The highest BCUT2D eigenvalue weighted by Gasteiger charge is 2.35. The summed E-state index contributed by atoms with van der Waals surface area (Å²) in [4.78, 5) is 2.14. The van der Waals surface area contributed by atoms with Crippen LogP contribution in [0.3, 0.4) is 0 Å². The van der Waals surface area contributed by atoms with Gasteiger partial charge in [0.2, 0.25) is 0 Å². The third kappa shape index (κ3) is 5.99. The van der Waals surface area contributed by atoms with Crippen LogP contribution in [0.1, 0.15) is 50.2 Å². The number of nitrogens with two attached hydrogens (primary N) is 1. The molecular formula is C26H39N2O2+. The van der Waals surface area contributed by atoms with E-state index < -0.39 is 0 Å². The molecule has 30 heavy (non-hydrogen) atoms. The smallest absolute Gasteiger partial charge is 0.122 e. The lowest BCUT2D eigenvalue weighted by Gasteiger charge is -2.39. The summed E-state index contributed by atoms with van der Waals surface area (Å²) < 4.78 is 11.7. The summed E-state index contributed by atoms with van der Waals surface area (Å²) in [6.07, 6.45) is 3.37. The van der Waals surface area contributed by atoms with Gasteiger partial charge in [-0.1, -0.05) is 30.3 Å². The second-order valence-corrected chi connectivity index (χ2v) is 9.34. The number of para-hydroxylation sites is 1. The summed E-state index contributed by atoms with van der Waals surface area (Å²) in [5.74, 6) is 2.14. The second kappa shape index (κ2) is 10.3. The largest absolute Gasteiger partial charge is 0.496 e. The molecule has 0 aromatic heterocycles. The van der Waals surface area contributed by atoms with Gasteiger partial charge in [0.25, 0.3) is 0 Å². The maximum Gasteiger partial charge on any atom is 0.122 e. The third-order valence-electron chi connectivity index (χ3n) is 6.36. The van der Waals surface area contributed by atoms with E-state index in [9.17, 15) is 0 Å². The first-order valence-corrected chi connectivity index (χ1v) is 11.2. The summed E-state index contributed by atoms with van der Waals surface area (Å²) >= 11 is 0. The number of rotatable bonds is 9. The number of benzene rings is 2. The van der Waals surface area contributed by atoms with Crippen LogP contribution in [0.5, 0.6) is 5.75 Å². The van der Waals surface area contributed by atoms with Crippen molar-refractivity contribution in [2.24, 2.45) is 5.92 Å². The van der Waals surface area contributed by atoms with Gasteiger partial charge in [0.1, 0.15) is 12.3 Å². The summed E-state index contributed by atoms with van der Waals surface area (Å²) in [6.45, 7) is 7.43. The number of nitrogens with zero attached hydrogens (tertiary/aromatic N) is 1. The number of anilines is 1. The Balaban J connectivity index is 1.65. The molecule has 1 heterocycles. The fourth-order valence-corrected chi connectivity index (χ4v) is 4.74.